The van der Waals surface area contributed by atoms with Crippen molar-refractivity contribution < 1.29 is 33.0 Å². The van der Waals surface area contributed by atoms with Crippen LogP contribution in [-0.2, 0) is 34.2 Å². The number of hydrogen-bond acceptors (Lipinski definition) is 5. The fraction of sp³-hybridized carbons (Fsp3) is 0.559. The van der Waals surface area contributed by atoms with Crippen LogP contribution >= 0.6 is 11.6 Å². The molecular formula is C34H41ClF2N4O5. The van der Waals surface area contributed by atoms with Crippen molar-refractivity contribution in [1.82, 2.24) is 14.4 Å². The summed E-state index contributed by atoms with van der Waals surface area (Å²) in [4.78, 5) is 42.0. The number of aryl methyl sites for hydroxylation is 1. The zero-order valence-corrected chi connectivity index (χ0v) is 26.8. The number of likely N-dealkylation sites (tertiary alicyclic amines) is 2. The van der Waals surface area contributed by atoms with Gasteiger partial charge < -0.3 is 24.6 Å². The van der Waals surface area contributed by atoms with E-state index in [0.717, 1.165) is 30.2 Å². The molecule has 46 heavy (non-hydrogen) atoms. The Labute approximate surface area is 272 Å². The second kappa shape index (κ2) is 13.8. The molecule has 2 N–H and O–H groups in total. The highest BCUT2D eigenvalue weighted by Gasteiger charge is 2.41. The van der Waals surface area contributed by atoms with E-state index in [1.54, 1.807) is 11.1 Å². The molecule has 0 bridgehead atoms. The van der Waals surface area contributed by atoms with E-state index in [1.807, 2.05) is 23.8 Å². The Kier molecular flexibility index (Phi) is 9.82. The van der Waals surface area contributed by atoms with E-state index >= 15 is 4.39 Å². The Morgan fingerprint density at radius 3 is 2.63 bits per heavy atom. The van der Waals surface area contributed by atoms with Gasteiger partial charge in [-0.25, -0.2) is 8.78 Å². The summed E-state index contributed by atoms with van der Waals surface area (Å²) in [5.74, 6) is -2.45. The van der Waals surface area contributed by atoms with Gasteiger partial charge in [0.25, 0.3) is 5.91 Å². The fourth-order valence-corrected chi connectivity index (χ4v) is 7.71. The van der Waals surface area contributed by atoms with Crippen LogP contribution in [0.5, 0.6) is 0 Å². The number of carboxylic acid groups (broad SMARTS) is 1. The molecule has 1 aromatic carbocycles. The van der Waals surface area contributed by atoms with E-state index in [9.17, 15) is 23.9 Å². The van der Waals surface area contributed by atoms with Crippen LogP contribution in [0, 0.1) is 11.7 Å². The third-order valence-corrected chi connectivity index (χ3v) is 10.4. The van der Waals surface area contributed by atoms with Crippen LogP contribution in [-0.4, -0.2) is 87.9 Å². The van der Waals surface area contributed by atoms with Crippen LogP contribution in [0.4, 0.5) is 14.5 Å². The van der Waals surface area contributed by atoms with Gasteiger partial charge in [0.05, 0.1) is 47.4 Å². The molecule has 0 radical (unpaired) electrons. The molecule has 6 rings (SSSR count). The number of rotatable bonds is 9. The van der Waals surface area contributed by atoms with Crippen LogP contribution in [0.1, 0.15) is 72.1 Å². The first-order chi connectivity index (χ1) is 22.1. The van der Waals surface area contributed by atoms with Crippen molar-refractivity contribution in [3.8, 4) is 0 Å². The second-order valence-electron chi connectivity index (χ2n) is 13.1. The Bertz CT molecular complexity index is 1520. The average Bonchev–Trinajstić information content (AvgIpc) is 3.76. The van der Waals surface area contributed by atoms with E-state index < -0.39 is 23.9 Å². The number of fused-ring (bicyclic) bond motifs is 1. The Balaban J connectivity index is 1.12. The van der Waals surface area contributed by atoms with Gasteiger partial charge in [-0.3, -0.25) is 19.3 Å². The Morgan fingerprint density at radius 2 is 1.91 bits per heavy atom. The quantitative estimate of drug-likeness (QED) is 0.382. The van der Waals surface area contributed by atoms with Crippen LogP contribution in [0.15, 0.2) is 24.4 Å². The number of nitrogens with zero attached hydrogens (tertiary/aromatic N) is 3. The fourth-order valence-electron chi connectivity index (χ4n) is 7.48. The number of anilines is 1. The molecule has 3 atom stereocenters. The van der Waals surface area contributed by atoms with Gasteiger partial charge in [0, 0.05) is 50.2 Å². The molecule has 3 heterocycles. The molecule has 12 heteroatoms. The van der Waals surface area contributed by atoms with Crippen molar-refractivity contribution in [2.45, 2.75) is 82.1 Å². The lowest BCUT2D eigenvalue weighted by molar-refractivity contribution is -0.144. The van der Waals surface area contributed by atoms with Gasteiger partial charge in [-0.15, -0.1) is 0 Å². The van der Waals surface area contributed by atoms with Gasteiger partial charge in [-0.1, -0.05) is 23.8 Å². The van der Waals surface area contributed by atoms with Crippen LogP contribution in [0.25, 0.3) is 6.08 Å². The SMILES string of the molecule is Cn1cc(C(=O)Nc2cc(F)c(CC(=O)N3C[C@@H](N4CC[C@H](F)C4)C[C@H]3CO[C@H]3CC[C@H](C(=O)O)CC3)cc2Cl)c2c1CCC=C2. The van der Waals surface area contributed by atoms with E-state index in [4.69, 9.17) is 16.3 Å². The minimum atomic E-state index is -0.886. The van der Waals surface area contributed by atoms with E-state index in [-0.39, 0.29) is 59.3 Å². The summed E-state index contributed by atoms with van der Waals surface area (Å²) in [7, 11) is 1.89. The molecule has 2 aliphatic heterocycles. The summed E-state index contributed by atoms with van der Waals surface area (Å²) in [6, 6.07) is 2.25. The molecule has 3 fully saturated rings. The first kappa shape index (κ1) is 32.7. The lowest BCUT2D eigenvalue weighted by Gasteiger charge is -2.30. The highest BCUT2D eigenvalue weighted by atomic mass is 35.5. The molecule has 1 saturated carbocycles. The van der Waals surface area contributed by atoms with Crippen molar-refractivity contribution in [1.29, 1.82) is 0 Å². The molecule has 2 saturated heterocycles. The summed E-state index contributed by atoms with van der Waals surface area (Å²) in [6.07, 6.45) is 9.74. The van der Waals surface area contributed by atoms with Crippen molar-refractivity contribution in [3.63, 3.8) is 0 Å². The number of aliphatic carboxylic acids is 1. The standard InChI is InChI=1S/C34H41ClF2N4O5/c1-39-18-27(26-4-2-3-5-31(26)39)33(43)38-30-15-29(37)21(12-28(30)35)13-32(42)41-17-23(40-11-10-22(36)16-40)14-24(41)19-46-25-8-6-20(7-9-25)34(44)45/h2,4,12,15,18,20,22-25H,3,5-11,13-14,16-17,19H2,1H3,(H,38,43)(H,44,45)/t20-,22-,23-,24-,25-/m0/s1. The zero-order valence-electron chi connectivity index (χ0n) is 26.0. The maximum Gasteiger partial charge on any atom is 0.306 e. The number of allylic oxidation sites excluding steroid dienone is 1. The van der Waals surface area contributed by atoms with E-state index in [2.05, 4.69) is 10.2 Å². The van der Waals surface area contributed by atoms with Crippen LogP contribution < -0.4 is 5.32 Å². The first-order valence-corrected chi connectivity index (χ1v) is 16.6. The normalized spacial score (nSPS) is 26.3. The summed E-state index contributed by atoms with van der Waals surface area (Å²) >= 11 is 6.52. The highest BCUT2D eigenvalue weighted by Crippen LogP contribution is 2.32. The van der Waals surface area contributed by atoms with Crippen molar-refractivity contribution in [3.05, 3.63) is 57.6 Å². The molecule has 0 unspecified atom stereocenters. The largest absolute Gasteiger partial charge is 0.481 e. The van der Waals surface area contributed by atoms with E-state index in [0.29, 0.717) is 63.7 Å². The third-order valence-electron chi connectivity index (χ3n) is 10.1. The number of carboxylic acids is 1. The van der Waals surface area contributed by atoms with Gasteiger partial charge in [0.1, 0.15) is 12.0 Å². The molecule has 0 spiro atoms. The number of carbonyl (C=O) groups excluding carboxylic acids is 2. The minimum absolute atomic E-state index is 0.0225. The topological polar surface area (TPSA) is 104 Å². The number of aromatic nitrogens is 1. The molecule has 248 valence electrons. The van der Waals surface area contributed by atoms with Gasteiger partial charge in [0.2, 0.25) is 5.91 Å². The minimum Gasteiger partial charge on any atom is -0.481 e. The second-order valence-corrected chi connectivity index (χ2v) is 13.5. The summed E-state index contributed by atoms with van der Waals surface area (Å²) in [5.41, 5.74) is 2.63. The number of nitrogens with one attached hydrogen (secondary N) is 1. The van der Waals surface area contributed by atoms with Crippen molar-refractivity contribution >= 4 is 41.1 Å². The Hall–Kier alpha value is -3.28. The third kappa shape index (κ3) is 7.01. The number of halogens is 3. The van der Waals surface area contributed by atoms with Crippen molar-refractivity contribution in [2.24, 2.45) is 13.0 Å². The maximum absolute atomic E-state index is 15.4. The molecule has 1 aromatic heterocycles. The van der Waals surface area contributed by atoms with E-state index in [1.165, 1.54) is 6.07 Å². The number of amides is 2. The zero-order chi connectivity index (χ0) is 32.5. The lowest BCUT2D eigenvalue weighted by Crippen LogP contribution is -2.41. The maximum atomic E-state index is 15.4. The van der Waals surface area contributed by atoms with Gasteiger partial charge in [-0.2, -0.15) is 0 Å². The predicted octanol–water partition coefficient (Wildman–Crippen LogP) is 5.25. The first-order valence-electron chi connectivity index (χ1n) is 16.2. The van der Waals surface area contributed by atoms with Crippen LogP contribution in [0.2, 0.25) is 5.02 Å². The number of hydrogen-bond donors (Lipinski definition) is 2. The molecule has 9 nitrogen and oxygen atoms in total. The van der Waals surface area contributed by atoms with Crippen LogP contribution in [0.3, 0.4) is 0 Å². The number of carbonyl (C=O) groups is 3. The number of alkyl halides is 1. The Morgan fingerprint density at radius 1 is 1.13 bits per heavy atom. The number of benzene rings is 1. The summed E-state index contributed by atoms with van der Waals surface area (Å²) < 4.78 is 37.6. The van der Waals surface area contributed by atoms with Gasteiger partial charge >= 0.3 is 5.97 Å². The molecule has 2 amide bonds. The molecule has 4 aliphatic rings. The highest BCUT2D eigenvalue weighted by molar-refractivity contribution is 6.34. The average molecular weight is 659 g/mol. The molecule has 2 aromatic rings. The van der Waals surface area contributed by atoms with Gasteiger partial charge in [0.15, 0.2) is 0 Å². The number of ether oxygens (including phenoxy) is 1. The van der Waals surface area contributed by atoms with Crippen molar-refractivity contribution in [2.75, 3.05) is 31.6 Å². The molecule has 2 aliphatic carbocycles. The predicted molar refractivity (Wildman–Crippen MR) is 170 cm³/mol. The summed E-state index contributed by atoms with van der Waals surface area (Å²) in [6.45, 7) is 1.63. The monoisotopic (exact) mass is 658 g/mol. The van der Waals surface area contributed by atoms with Gasteiger partial charge in [-0.05, 0) is 69.1 Å². The molecular weight excluding hydrogens is 618 g/mol. The smallest absolute Gasteiger partial charge is 0.306 e. The summed E-state index contributed by atoms with van der Waals surface area (Å²) in [5, 5.41) is 12.2. The lowest BCUT2D eigenvalue weighted by atomic mass is 9.87.